The van der Waals surface area contributed by atoms with Crippen LogP contribution in [-0.2, 0) is 6.54 Å². The Hall–Kier alpha value is -1.91. The van der Waals surface area contributed by atoms with Crippen molar-refractivity contribution in [2.45, 2.75) is 19.9 Å². The number of hydrogen-bond donors (Lipinski definition) is 0. The molecule has 1 aliphatic heterocycles. The second kappa shape index (κ2) is 7.98. The average molecular weight is 361 g/mol. The summed E-state index contributed by atoms with van der Waals surface area (Å²) >= 11 is 5.93. The minimum absolute atomic E-state index is 0.0905. The highest BCUT2D eigenvalue weighted by molar-refractivity contribution is 6.30. The van der Waals surface area contributed by atoms with Crippen LogP contribution in [0.25, 0.3) is 0 Å². The Morgan fingerprint density at radius 2 is 1.84 bits per heavy atom. The highest BCUT2D eigenvalue weighted by Crippen LogP contribution is 2.15. The molecule has 1 fully saturated rings. The van der Waals surface area contributed by atoms with Gasteiger partial charge in [0.2, 0.25) is 0 Å². The Morgan fingerprint density at radius 3 is 2.56 bits per heavy atom. The lowest BCUT2D eigenvalue weighted by molar-refractivity contribution is 0.0760. The molecule has 1 aliphatic rings. The van der Waals surface area contributed by atoms with Gasteiger partial charge in [-0.2, -0.15) is 0 Å². The summed E-state index contributed by atoms with van der Waals surface area (Å²) in [7, 11) is 0. The molecule has 1 heterocycles. The molecule has 0 aliphatic carbocycles. The van der Waals surface area contributed by atoms with Crippen LogP contribution < -0.4 is 0 Å². The van der Waals surface area contributed by atoms with Crippen LogP contribution >= 0.6 is 11.6 Å². The highest BCUT2D eigenvalue weighted by Gasteiger charge is 2.21. The molecule has 0 bridgehead atoms. The quantitative estimate of drug-likeness (QED) is 0.821. The molecule has 2 aromatic rings. The van der Waals surface area contributed by atoms with Crippen molar-refractivity contribution in [1.82, 2.24) is 9.80 Å². The van der Waals surface area contributed by atoms with Crippen molar-refractivity contribution in [1.29, 1.82) is 0 Å². The van der Waals surface area contributed by atoms with Crippen LogP contribution in [0.1, 0.15) is 27.9 Å². The van der Waals surface area contributed by atoms with Gasteiger partial charge in [-0.05, 0) is 48.7 Å². The van der Waals surface area contributed by atoms with Crippen molar-refractivity contribution in [3.05, 3.63) is 70.0 Å². The molecule has 0 spiro atoms. The van der Waals surface area contributed by atoms with Crippen LogP contribution in [-0.4, -0.2) is 41.9 Å². The predicted octanol–water partition coefficient (Wildman–Crippen LogP) is 4.14. The molecule has 0 atom stereocenters. The van der Waals surface area contributed by atoms with E-state index in [-0.39, 0.29) is 11.7 Å². The summed E-state index contributed by atoms with van der Waals surface area (Å²) in [6, 6.07) is 12.6. The fourth-order valence-corrected chi connectivity index (χ4v) is 3.21. The van der Waals surface area contributed by atoms with Crippen molar-refractivity contribution in [2.75, 3.05) is 26.2 Å². The Labute approximate surface area is 153 Å². The number of hydrogen-bond acceptors (Lipinski definition) is 2. The third kappa shape index (κ3) is 4.59. The molecule has 0 unspecified atom stereocenters. The summed E-state index contributed by atoms with van der Waals surface area (Å²) < 4.78 is 13.7. The first-order valence-electron chi connectivity index (χ1n) is 8.55. The maximum absolute atomic E-state index is 13.7. The molecule has 132 valence electrons. The number of amides is 1. The molecule has 2 aromatic carbocycles. The number of rotatable bonds is 3. The van der Waals surface area contributed by atoms with E-state index in [0.29, 0.717) is 24.2 Å². The van der Waals surface area contributed by atoms with Gasteiger partial charge >= 0.3 is 0 Å². The lowest BCUT2D eigenvalue weighted by Gasteiger charge is -2.22. The van der Waals surface area contributed by atoms with E-state index in [2.05, 4.69) is 4.90 Å². The zero-order valence-electron chi connectivity index (χ0n) is 14.3. The maximum atomic E-state index is 13.7. The van der Waals surface area contributed by atoms with Gasteiger partial charge in [-0.15, -0.1) is 0 Å². The minimum atomic E-state index is -0.329. The largest absolute Gasteiger partial charge is 0.337 e. The van der Waals surface area contributed by atoms with Crippen LogP contribution in [0.15, 0.2) is 42.5 Å². The molecule has 0 saturated carbocycles. The fourth-order valence-electron chi connectivity index (χ4n) is 3.09. The van der Waals surface area contributed by atoms with Gasteiger partial charge in [0.25, 0.3) is 5.91 Å². The summed E-state index contributed by atoms with van der Waals surface area (Å²) in [5, 5.41) is 0.738. The average Bonchev–Trinajstić information content (AvgIpc) is 2.84. The topological polar surface area (TPSA) is 23.6 Å². The zero-order chi connectivity index (χ0) is 17.8. The molecule has 5 heteroatoms. The summed E-state index contributed by atoms with van der Waals surface area (Å²) in [5.74, 6) is -0.419. The lowest BCUT2D eigenvalue weighted by atomic mass is 10.1. The molecule has 1 saturated heterocycles. The highest BCUT2D eigenvalue weighted by atomic mass is 35.5. The van der Waals surface area contributed by atoms with Crippen molar-refractivity contribution in [3.63, 3.8) is 0 Å². The van der Waals surface area contributed by atoms with Gasteiger partial charge in [0.15, 0.2) is 0 Å². The summed E-state index contributed by atoms with van der Waals surface area (Å²) in [4.78, 5) is 16.8. The van der Waals surface area contributed by atoms with E-state index in [4.69, 9.17) is 11.6 Å². The third-order valence-electron chi connectivity index (χ3n) is 4.61. The fraction of sp³-hybridized carbons (Fsp3) is 0.350. The predicted molar refractivity (Wildman–Crippen MR) is 98.4 cm³/mol. The number of aryl methyl sites for hydroxylation is 1. The molecule has 0 N–H and O–H groups in total. The SMILES string of the molecule is Cc1ccc(C(=O)N2CCCN(Cc3ccc(Cl)cc3)CC2)cc1F. The molecule has 1 amide bonds. The molecule has 3 nitrogen and oxygen atoms in total. The van der Waals surface area contributed by atoms with Crippen molar-refractivity contribution >= 4 is 17.5 Å². The van der Waals surface area contributed by atoms with Gasteiger partial charge in [-0.3, -0.25) is 9.69 Å². The summed E-state index contributed by atoms with van der Waals surface area (Å²) in [5.41, 5.74) is 2.19. The number of carbonyl (C=O) groups excluding carboxylic acids is 1. The van der Waals surface area contributed by atoms with Crippen molar-refractivity contribution in [3.8, 4) is 0 Å². The first kappa shape index (κ1) is 17.9. The molecular weight excluding hydrogens is 339 g/mol. The second-order valence-corrected chi connectivity index (χ2v) is 6.95. The van der Waals surface area contributed by atoms with Crippen LogP contribution in [0.2, 0.25) is 5.02 Å². The van der Waals surface area contributed by atoms with Gasteiger partial charge in [0, 0.05) is 43.3 Å². The smallest absolute Gasteiger partial charge is 0.254 e. The lowest BCUT2D eigenvalue weighted by Crippen LogP contribution is -2.35. The van der Waals surface area contributed by atoms with Crippen LogP contribution in [0, 0.1) is 12.7 Å². The van der Waals surface area contributed by atoms with Crippen molar-refractivity contribution in [2.24, 2.45) is 0 Å². The Balaban J connectivity index is 1.61. The van der Waals surface area contributed by atoms with E-state index in [0.717, 1.165) is 31.1 Å². The molecule has 3 rings (SSSR count). The number of halogens is 2. The van der Waals surface area contributed by atoms with Gasteiger partial charge in [0.05, 0.1) is 0 Å². The van der Waals surface area contributed by atoms with Crippen LogP contribution in [0.3, 0.4) is 0 Å². The van der Waals surface area contributed by atoms with Crippen LogP contribution in [0.5, 0.6) is 0 Å². The van der Waals surface area contributed by atoms with Gasteiger partial charge < -0.3 is 4.90 Å². The van der Waals surface area contributed by atoms with Crippen molar-refractivity contribution < 1.29 is 9.18 Å². The Kier molecular flexibility index (Phi) is 5.71. The van der Waals surface area contributed by atoms with Crippen LogP contribution in [0.4, 0.5) is 4.39 Å². The van der Waals surface area contributed by atoms with E-state index in [1.165, 1.54) is 11.6 Å². The summed E-state index contributed by atoms with van der Waals surface area (Å²) in [6.45, 7) is 5.65. The first-order chi connectivity index (χ1) is 12.0. The van der Waals surface area contributed by atoms with E-state index in [9.17, 15) is 9.18 Å². The molecular formula is C20H22ClFN2O. The van der Waals surface area contributed by atoms with Gasteiger partial charge in [-0.1, -0.05) is 29.8 Å². The third-order valence-corrected chi connectivity index (χ3v) is 4.87. The first-order valence-corrected chi connectivity index (χ1v) is 8.93. The van der Waals surface area contributed by atoms with Gasteiger partial charge in [0.1, 0.15) is 5.82 Å². The number of carbonyl (C=O) groups is 1. The second-order valence-electron chi connectivity index (χ2n) is 6.51. The molecule has 25 heavy (non-hydrogen) atoms. The maximum Gasteiger partial charge on any atom is 0.254 e. The summed E-state index contributed by atoms with van der Waals surface area (Å²) in [6.07, 6.45) is 0.910. The monoisotopic (exact) mass is 360 g/mol. The van der Waals surface area contributed by atoms with E-state index < -0.39 is 0 Å². The zero-order valence-corrected chi connectivity index (χ0v) is 15.1. The molecule has 0 aromatic heterocycles. The molecule has 0 radical (unpaired) electrons. The van der Waals surface area contributed by atoms with E-state index in [1.54, 1.807) is 19.1 Å². The normalized spacial score (nSPS) is 15.9. The Morgan fingerprint density at radius 1 is 1.08 bits per heavy atom. The van der Waals surface area contributed by atoms with E-state index in [1.807, 2.05) is 29.2 Å². The number of benzene rings is 2. The Bertz CT molecular complexity index is 748. The minimum Gasteiger partial charge on any atom is -0.337 e. The van der Waals surface area contributed by atoms with E-state index >= 15 is 0 Å². The number of nitrogens with zero attached hydrogens (tertiary/aromatic N) is 2. The standard InChI is InChI=1S/C20H22ClFN2O/c1-15-3-6-17(13-19(15)22)20(25)24-10-2-9-23(11-12-24)14-16-4-7-18(21)8-5-16/h3-8,13H,2,9-12,14H2,1H3. The van der Waals surface area contributed by atoms with Gasteiger partial charge in [-0.25, -0.2) is 4.39 Å².